The zero-order chi connectivity index (χ0) is 10.7. The van der Waals surface area contributed by atoms with Crippen LogP contribution in [0.5, 0.6) is 0 Å². The second kappa shape index (κ2) is 3.92. The third-order valence-corrected chi connectivity index (χ3v) is 2.17. The summed E-state index contributed by atoms with van der Waals surface area (Å²) in [7, 11) is 0. The summed E-state index contributed by atoms with van der Waals surface area (Å²) in [5, 5.41) is 0. The molecule has 0 radical (unpaired) electrons. The highest BCUT2D eigenvalue weighted by atomic mass is 16.1. The van der Waals surface area contributed by atoms with Crippen LogP contribution in [0.3, 0.4) is 0 Å². The highest BCUT2D eigenvalue weighted by Crippen LogP contribution is 2.16. The minimum Gasteiger partial charge on any atom is -0.328 e. The van der Waals surface area contributed by atoms with E-state index in [-0.39, 0.29) is 11.1 Å². The van der Waals surface area contributed by atoms with E-state index in [1.165, 1.54) is 0 Å². The number of rotatable bonds is 2. The van der Waals surface area contributed by atoms with Gasteiger partial charge in [0.1, 0.15) is 0 Å². The molecule has 0 unspecified atom stereocenters. The van der Waals surface area contributed by atoms with Gasteiger partial charge < -0.3 is 4.98 Å². The summed E-state index contributed by atoms with van der Waals surface area (Å²) in [6, 6.07) is 11.1. The van der Waals surface area contributed by atoms with Crippen molar-refractivity contribution < 1.29 is 4.79 Å². The molecule has 74 valence electrons. The van der Waals surface area contributed by atoms with E-state index in [1.807, 2.05) is 30.3 Å². The number of aromatic nitrogens is 1. The molecule has 1 aromatic heterocycles. The number of H-pyrrole nitrogens is 1. The highest BCUT2D eigenvalue weighted by molar-refractivity contribution is 5.77. The first kappa shape index (κ1) is 9.40. The molecule has 15 heavy (non-hydrogen) atoms. The van der Waals surface area contributed by atoms with Gasteiger partial charge in [-0.1, -0.05) is 30.3 Å². The van der Waals surface area contributed by atoms with Crippen molar-refractivity contribution in [3.8, 4) is 11.1 Å². The van der Waals surface area contributed by atoms with Crippen LogP contribution in [-0.2, 0) is 0 Å². The van der Waals surface area contributed by atoms with Crippen LogP contribution < -0.4 is 5.56 Å². The summed E-state index contributed by atoms with van der Waals surface area (Å²) in [5.41, 5.74) is 1.59. The van der Waals surface area contributed by atoms with Gasteiger partial charge in [0.25, 0.3) is 5.56 Å². The van der Waals surface area contributed by atoms with E-state index in [2.05, 4.69) is 4.98 Å². The standard InChI is InChI=1S/C12H9NO2/c14-8-11-6-10(7-13-12(11)15)9-4-2-1-3-5-9/h1-8H,(H,13,15). The summed E-state index contributed by atoms with van der Waals surface area (Å²) in [6.07, 6.45) is 2.16. The quantitative estimate of drug-likeness (QED) is 0.750. The molecule has 0 aliphatic carbocycles. The van der Waals surface area contributed by atoms with Crippen molar-refractivity contribution in [3.63, 3.8) is 0 Å². The van der Waals surface area contributed by atoms with Gasteiger partial charge in [-0.3, -0.25) is 9.59 Å². The van der Waals surface area contributed by atoms with Gasteiger partial charge in [-0.2, -0.15) is 0 Å². The number of hydrogen-bond acceptors (Lipinski definition) is 2. The number of pyridine rings is 1. The third kappa shape index (κ3) is 1.86. The molecule has 0 aliphatic rings. The Morgan fingerprint density at radius 3 is 2.47 bits per heavy atom. The molecule has 0 bridgehead atoms. The summed E-state index contributed by atoms with van der Waals surface area (Å²) in [4.78, 5) is 24.3. The monoisotopic (exact) mass is 199 g/mol. The van der Waals surface area contributed by atoms with Gasteiger partial charge in [0.15, 0.2) is 6.29 Å². The molecule has 3 nitrogen and oxygen atoms in total. The van der Waals surface area contributed by atoms with E-state index in [0.717, 1.165) is 11.1 Å². The average molecular weight is 199 g/mol. The molecule has 2 rings (SSSR count). The lowest BCUT2D eigenvalue weighted by Crippen LogP contribution is -2.10. The lowest BCUT2D eigenvalue weighted by Gasteiger charge is -2.00. The molecule has 0 aliphatic heterocycles. The Labute approximate surface area is 86.4 Å². The summed E-state index contributed by atoms with van der Waals surface area (Å²) in [6.45, 7) is 0. The topological polar surface area (TPSA) is 49.9 Å². The number of carbonyl (C=O) groups excluding carboxylic acids is 1. The number of aldehydes is 1. The Balaban J connectivity index is 2.56. The first-order valence-electron chi connectivity index (χ1n) is 4.54. The van der Waals surface area contributed by atoms with E-state index >= 15 is 0 Å². The molecule has 0 fully saturated rings. The lowest BCUT2D eigenvalue weighted by molar-refractivity contribution is 0.112. The molecule has 2 aromatic rings. The van der Waals surface area contributed by atoms with Crippen LogP contribution in [0.15, 0.2) is 47.4 Å². The Morgan fingerprint density at radius 1 is 1.07 bits per heavy atom. The molecular weight excluding hydrogens is 190 g/mol. The van der Waals surface area contributed by atoms with Crippen LogP contribution >= 0.6 is 0 Å². The normalized spacial score (nSPS) is 9.87. The first-order chi connectivity index (χ1) is 7.31. The van der Waals surface area contributed by atoms with Crippen molar-refractivity contribution >= 4 is 6.29 Å². The second-order valence-electron chi connectivity index (χ2n) is 3.16. The van der Waals surface area contributed by atoms with E-state index in [1.54, 1.807) is 12.3 Å². The highest BCUT2D eigenvalue weighted by Gasteiger charge is 2.01. The zero-order valence-electron chi connectivity index (χ0n) is 7.94. The molecular formula is C12H9NO2. The molecule has 3 heteroatoms. The Morgan fingerprint density at radius 2 is 1.80 bits per heavy atom. The van der Waals surface area contributed by atoms with E-state index < -0.39 is 0 Å². The van der Waals surface area contributed by atoms with Crippen molar-refractivity contribution in [2.24, 2.45) is 0 Å². The molecule has 0 amide bonds. The smallest absolute Gasteiger partial charge is 0.258 e. The summed E-state index contributed by atoms with van der Waals surface area (Å²) >= 11 is 0. The van der Waals surface area contributed by atoms with E-state index in [9.17, 15) is 9.59 Å². The maximum Gasteiger partial charge on any atom is 0.258 e. The minimum absolute atomic E-state index is 0.149. The fourth-order valence-electron chi connectivity index (χ4n) is 1.39. The van der Waals surface area contributed by atoms with Crippen LogP contribution in [0.2, 0.25) is 0 Å². The van der Waals surface area contributed by atoms with E-state index in [4.69, 9.17) is 0 Å². The number of carbonyl (C=O) groups is 1. The minimum atomic E-state index is -0.357. The maximum absolute atomic E-state index is 11.1. The van der Waals surface area contributed by atoms with Gasteiger partial charge in [-0.25, -0.2) is 0 Å². The molecule has 0 atom stereocenters. The first-order valence-corrected chi connectivity index (χ1v) is 4.54. The van der Waals surface area contributed by atoms with Gasteiger partial charge in [-0.15, -0.1) is 0 Å². The third-order valence-electron chi connectivity index (χ3n) is 2.17. The van der Waals surface area contributed by atoms with Crippen LogP contribution in [0.4, 0.5) is 0 Å². The van der Waals surface area contributed by atoms with Crippen molar-refractivity contribution in [1.29, 1.82) is 0 Å². The Hall–Kier alpha value is -2.16. The van der Waals surface area contributed by atoms with Crippen molar-refractivity contribution in [3.05, 3.63) is 58.5 Å². The van der Waals surface area contributed by atoms with E-state index in [0.29, 0.717) is 6.29 Å². The van der Waals surface area contributed by atoms with Gasteiger partial charge in [0.2, 0.25) is 0 Å². The molecule has 0 saturated carbocycles. The van der Waals surface area contributed by atoms with Crippen molar-refractivity contribution in [1.82, 2.24) is 4.98 Å². The number of hydrogen-bond donors (Lipinski definition) is 1. The Kier molecular flexibility index (Phi) is 2.46. The van der Waals surface area contributed by atoms with Crippen LogP contribution in [-0.4, -0.2) is 11.3 Å². The van der Waals surface area contributed by atoms with Gasteiger partial charge in [0.05, 0.1) is 5.56 Å². The fraction of sp³-hybridized carbons (Fsp3) is 0. The molecule has 1 N–H and O–H groups in total. The molecule has 1 aromatic carbocycles. The number of nitrogens with one attached hydrogen (secondary N) is 1. The maximum atomic E-state index is 11.1. The Bertz CT molecular complexity index is 529. The molecule has 0 spiro atoms. The zero-order valence-corrected chi connectivity index (χ0v) is 7.94. The van der Waals surface area contributed by atoms with Crippen LogP contribution in [0, 0.1) is 0 Å². The average Bonchev–Trinajstić information content (AvgIpc) is 2.31. The lowest BCUT2D eigenvalue weighted by atomic mass is 10.1. The van der Waals surface area contributed by atoms with Crippen molar-refractivity contribution in [2.45, 2.75) is 0 Å². The largest absolute Gasteiger partial charge is 0.328 e. The molecule has 0 saturated heterocycles. The SMILES string of the molecule is O=Cc1cc(-c2ccccc2)c[nH]c1=O. The van der Waals surface area contributed by atoms with Crippen LogP contribution in [0.25, 0.3) is 11.1 Å². The molecule has 1 heterocycles. The van der Waals surface area contributed by atoms with Gasteiger partial charge >= 0.3 is 0 Å². The number of benzene rings is 1. The number of aromatic amines is 1. The summed E-state index contributed by atoms with van der Waals surface area (Å²) in [5.74, 6) is 0. The van der Waals surface area contributed by atoms with Crippen molar-refractivity contribution in [2.75, 3.05) is 0 Å². The van der Waals surface area contributed by atoms with Crippen LogP contribution in [0.1, 0.15) is 10.4 Å². The predicted molar refractivity (Wildman–Crippen MR) is 57.9 cm³/mol. The van der Waals surface area contributed by atoms with Gasteiger partial charge in [-0.05, 0) is 17.2 Å². The second-order valence-corrected chi connectivity index (χ2v) is 3.16. The fourth-order valence-corrected chi connectivity index (χ4v) is 1.39. The van der Waals surface area contributed by atoms with Gasteiger partial charge in [0, 0.05) is 6.20 Å². The predicted octanol–water partition coefficient (Wildman–Crippen LogP) is 1.85. The summed E-state index contributed by atoms with van der Waals surface area (Å²) < 4.78 is 0.